The van der Waals surface area contributed by atoms with E-state index in [1.165, 1.54) is 0 Å². The predicted molar refractivity (Wildman–Crippen MR) is 64.8 cm³/mol. The van der Waals surface area contributed by atoms with E-state index in [1.54, 1.807) is 0 Å². The Hall–Kier alpha value is -1.54. The van der Waals surface area contributed by atoms with Crippen LogP contribution in [0.2, 0.25) is 0 Å². The zero-order valence-electron chi connectivity index (χ0n) is 8.61. The monoisotopic (exact) mass is 234 g/mol. The molecule has 2 aromatic carbocycles. The van der Waals surface area contributed by atoms with Gasteiger partial charge in [0.25, 0.3) is 0 Å². The number of carboxylic acids is 1. The molecule has 0 bridgehead atoms. The van der Waals surface area contributed by atoms with Crippen LogP contribution in [0, 0.1) is 0 Å². The quantitative estimate of drug-likeness (QED) is 0.828. The first-order valence-electron chi connectivity index (χ1n) is 4.99. The Labute approximate surface area is 98.5 Å². The van der Waals surface area contributed by atoms with Gasteiger partial charge in [-0.2, -0.15) is 0 Å². The average Bonchev–Trinajstić information content (AvgIpc) is 2.28. The third-order valence-corrected chi connectivity index (χ3v) is 2.81. The Morgan fingerprint density at radius 3 is 2.69 bits per heavy atom. The van der Waals surface area contributed by atoms with Gasteiger partial charge >= 0.3 is 5.97 Å². The van der Waals surface area contributed by atoms with Crippen molar-refractivity contribution >= 4 is 28.3 Å². The summed E-state index contributed by atoms with van der Waals surface area (Å²) >= 11 is 5.79. The lowest BCUT2D eigenvalue weighted by Gasteiger charge is -2.07. The highest BCUT2D eigenvalue weighted by Gasteiger charge is 2.07. The van der Waals surface area contributed by atoms with Crippen molar-refractivity contribution < 1.29 is 9.90 Å². The van der Waals surface area contributed by atoms with Gasteiger partial charge in [0, 0.05) is 5.88 Å². The molecule has 0 aliphatic heterocycles. The number of carboxylic acid groups (broad SMARTS) is 1. The standard InChI is InChI=1S/C13H11ClO2/c14-8-9-5-10-3-1-2-4-12(10)11(6-9)7-13(15)16/h1-6H,7-8H2,(H,15,16). The van der Waals surface area contributed by atoms with Crippen molar-refractivity contribution in [3.05, 3.63) is 47.5 Å². The molecule has 3 heteroatoms. The van der Waals surface area contributed by atoms with Crippen LogP contribution in [-0.4, -0.2) is 11.1 Å². The largest absolute Gasteiger partial charge is 0.481 e. The second-order valence-electron chi connectivity index (χ2n) is 3.68. The molecule has 1 N–H and O–H groups in total. The summed E-state index contributed by atoms with van der Waals surface area (Å²) in [5.74, 6) is -0.422. The van der Waals surface area contributed by atoms with Crippen molar-refractivity contribution in [1.29, 1.82) is 0 Å². The molecular weight excluding hydrogens is 224 g/mol. The fraction of sp³-hybridized carbons (Fsp3) is 0.154. The van der Waals surface area contributed by atoms with E-state index < -0.39 is 5.97 Å². The Balaban J connectivity index is 2.63. The SMILES string of the molecule is O=C(O)Cc1cc(CCl)cc2ccccc12. The lowest BCUT2D eigenvalue weighted by atomic mass is 9.99. The number of benzene rings is 2. The summed E-state index contributed by atoms with van der Waals surface area (Å²) in [4.78, 5) is 10.8. The van der Waals surface area contributed by atoms with Crippen LogP contribution in [0.1, 0.15) is 11.1 Å². The minimum atomic E-state index is -0.822. The molecular formula is C13H11ClO2. The van der Waals surface area contributed by atoms with Crippen LogP contribution in [0.4, 0.5) is 0 Å². The highest BCUT2D eigenvalue weighted by Crippen LogP contribution is 2.22. The third-order valence-electron chi connectivity index (χ3n) is 2.50. The lowest BCUT2D eigenvalue weighted by Crippen LogP contribution is -2.01. The molecule has 0 fully saturated rings. The number of alkyl halides is 1. The van der Waals surface area contributed by atoms with Gasteiger partial charge in [0.2, 0.25) is 0 Å². The van der Waals surface area contributed by atoms with Gasteiger partial charge in [-0.1, -0.05) is 30.3 Å². The van der Waals surface area contributed by atoms with Crippen molar-refractivity contribution in [1.82, 2.24) is 0 Å². The van der Waals surface area contributed by atoms with E-state index >= 15 is 0 Å². The minimum absolute atomic E-state index is 0.0330. The molecule has 0 spiro atoms. The predicted octanol–water partition coefficient (Wildman–Crippen LogP) is 3.21. The molecule has 0 aromatic heterocycles. The van der Waals surface area contributed by atoms with Crippen molar-refractivity contribution in [3.8, 4) is 0 Å². The third kappa shape index (κ3) is 2.17. The smallest absolute Gasteiger partial charge is 0.307 e. The van der Waals surface area contributed by atoms with Gasteiger partial charge in [-0.15, -0.1) is 11.6 Å². The maximum Gasteiger partial charge on any atom is 0.307 e. The first kappa shape index (κ1) is 11.0. The zero-order chi connectivity index (χ0) is 11.5. The molecule has 0 aliphatic carbocycles. The zero-order valence-corrected chi connectivity index (χ0v) is 9.37. The fourth-order valence-corrected chi connectivity index (χ4v) is 2.00. The van der Waals surface area contributed by atoms with E-state index in [2.05, 4.69) is 0 Å². The molecule has 0 saturated carbocycles. The summed E-state index contributed by atoms with van der Waals surface area (Å²) in [6, 6.07) is 11.6. The average molecular weight is 235 g/mol. The van der Waals surface area contributed by atoms with Crippen LogP contribution in [0.3, 0.4) is 0 Å². The molecule has 2 nitrogen and oxygen atoms in total. The van der Waals surface area contributed by atoms with E-state index in [1.807, 2.05) is 36.4 Å². The molecule has 0 radical (unpaired) electrons. The number of halogens is 1. The van der Waals surface area contributed by atoms with E-state index in [4.69, 9.17) is 16.7 Å². The minimum Gasteiger partial charge on any atom is -0.481 e. The molecule has 0 unspecified atom stereocenters. The summed E-state index contributed by atoms with van der Waals surface area (Å²) in [6.07, 6.45) is 0.0330. The molecule has 0 aliphatic rings. The van der Waals surface area contributed by atoms with Gasteiger partial charge in [0.05, 0.1) is 6.42 Å². The Kier molecular flexibility index (Phi) is 3.11. The van der Waals surface area contributed by atoms with Crippen molar-refractivity contribution in [2.75, 3.05) is 0 Å². The van der Waals surface area contributed by atoms with E-state index in [0.29, 0.717) is 5.88 Å². The van der Waals surface area contributed by atoms with Gasteiger partial charge in [0.15, 0.2) is 0 Å². The Morgan fingerprint density at radius 1 is 1.25 bits per heavy atom. The molecule has 16 heavy (non-hydrogen) atoms. The van der Waals surface area contributed by atoms with Gasteiger partial charge < -0.3 is 5.11 Å². The van der Waals surface area contributed by atoms with E-state index in [9.17, 15) is 4.79 Å². The molecule has 0 heterocycles. The van der Waals surface area contributed by atoms with E-state index in [-0.39, 0.29) is 6.42 Å². The molecule has 2 rings (SSSR count). The van der Waals surface area contributed by atoms with Crippen LogP contribution in [-0.2, 0) is 17.1 Å². The van der Waals surface area contributed by atoms with Crippen LogP contribution >= 0.6 is 11.6 Å². The number of rotatable bonds is 3. The van der Waals surface area contributed by atoms with Gasteiger partial charge in [0.1, 0.15) is 0 Å². The summed E-state index contributed by atoms with van der Waals surface area (Å²) in [5.41, 5.74) is 1.78. The Morgan fingerprint density at radius 2 is 2.00 bits per heavy atom. The van der Waals surface area contributed by atoms with Crippen LogP contribution in [0.15, 0.2) is 36.4 Å². The molecule has 0 amide bonds. The van der Waals surface area contributed by atoms with Crippen molar-refractivity contribution in [2.45, 2.75) is 12.3 Å². The molecule has 0 atom stereocenters. The first-order valence-corrected chi connectivity index (χ1v) is 5.52. The summed E-state index contributed by atoms with van der Waals surface area (Å²) in [7, 11) is 0. The topological polar surface area (TPSA) is 37.3 Å². The normalized spacial score (nSPS) is 10.6. The number of carbonyl (C=O) groups is 1. The maximum absolute atomic E-state index is 10.8. The van der Waals surface area contributed by atoms with Crippen LogP contribution in [0.5, 0.6) is 0 Å². The number of hydrogen-bond acceptors (Lipinski definition) is 1. The molecule has 0 saturated heterocycles. The molecule has 2 aromatic rings. The summed E-state index contributed by atoms with van der Waals surface area (Å²) < 4.78 is 0. The lowest BCUT2D eigenvalue weighted by molar-refractivity contribution is -0.136. The second-order valence-corrected chi connectivity index (χ2v) is 3.95. The summed E-state index contributed by atoms with van der Waals surface area (Å²) in [5, 5.41) is 10.9. The highest BCUT2D eigenvalue weighted by molar-refractivity contribution is 6.17. The Bertz CT molecular complexity index is 534. The van der Waals surface area contributed by atoms with Crippen LogP contribution in [0.25, 0.3) is 10.8 Å². The van der Waals surface area contributed by atoms with Gasteiger partial charge in [-0.3, -0.25) is 4.79 Å². The van der Waals surface area contributed by atoms with Crippen molar-refractivity contribution in [3.63, 3.8) is 0 Å². The van der Waals surface area contributed by atoms with Gasteiger partial charge in [-0.05, 0) is 28.0 Å². The maximum atomic E-state index is 10.8. The summed E-state index contributed by atoms with van der Waals surface area (Å²) in [6.45, 7) is 0. The second kappa shape index (κ2) is 4.54. The number of aliphatic carboxylic acids is 1. The highest BCUT2D eigenvalue weighted by atomic mass is 35.5. The van der Waals surface area contributed by atoms with Crippen molar-refractivity contribution in [2.24, 2.45) is 0 Å². The van der Waals surface area contributed by atoms with Gasteiger partial charge in [-0.25, -0.2) is 0 Å². The van der Waals surface area contributed by atoms with E-state index in [0.717, 1.165) is 21.9 Å². The number of hydrogen-bond donors (Lipinski definition) is 1. The fourth-order valence-electron chi connectivity index (χ4n) is 1.84. The molecule has 82 valence electrons. The van der Waals surface area contributed by atoms with Crippen LogP contribution < -0.4 is 0 Å². The number of fused-ring (bicyclic) bond motifs is 1. The first-order chi connectivity index (χ1) is 7.70.